The van der Waals surface area contributed by atoms with Crippen molar-refractivity contribution in [3.8, 4) is 5.75 Å². The Labute approximate surface area is 272 Å². The minimum Gasteiger partial charge on any atom is -0.496 e. The maximum absolute atomic E-state index is 13.6. The van der Waals surface area contributed by atoms with Crippen LogP contribution in [-0.4, -0.2) is 70.1 Å². The molecule has 17 heteroatoms. The number of allylic oxidation sites excluding steroid dienone is 3. The zero-order chi connectivity index (χ0) is 36.4. The van der Waals surface area contributed by atoms with Crippen LogP contribution in [0.2, 0.25) is 0 Å². The highest BCUT2D eigenvalue weighted by Crippen LogP contribution is 2.49. The van der Waals surface area contributed by atoms with Crippen LogP contribution in [0.25, 0.3) is 5.57 Å². The summed E-state index contributed by atoms with van der Waals surface area (Å²) in [6, 6.07) is 1.73. The fraction of sp³-hybridized carbons (Fsp3) is 0.645. The fourth-order valence-corrected chi connectivity index (χ4v) is 7.64. The van der Waals surface area contributed by atoms with Gasteiger partial charge in [-0.25, -0.2) is 4.79 Å². The van der Waals surface area contributed by atoms with Crippen molar-refractivity contribution in [2.24, 2.45) is 17.3 Å². The predicted molar refractivity (Wildman–Crippen MR) is 159 cm³/mol. The van der Waals surface area contributed by atoms with E-state index in [1.54, 1.807) is 0 Å². The number of aryl methyl sites for hydroxylation is 1. The van der Waals surface area contributed by atoms with Crippen LogP contribution in [0.5, 0.6) is 5.75 Å². The summed E-state index contributed by atoms with van der Waals surface area (Å²) >= 11 is 0. The summed E-state index contributed by atoms with van der Waals surface area (Å²) in [6.07, 6.45) is -12.1. The molecule has 1 aliphatic heterocycles. The molecule has 270 valence electrons. The highest BCUT2D eigenvalue weighted by Gasteiger charge is 2.52. The number of benzene rings is 1. The summed E-state index contributed by atoms with van der Waals surface area (Å²) < 4.78 is 158. The molecule has 0 radical (unpaired) electrons. The number of alkyl halides is 9. The van der Waals surface area contributed by atoms with Gasteiger partial charge in [0.1, 0.15) is 11.9 Å². The van der Waals surface area contributed by atoms with E-state index in [-0.39, 0.29) is 44.9 Å². The Bertz CT molecular complexity index is 1600. The molecule has 3 aliphatic rings. The molecule has 0 spiro atoms. The first-order valence-electron chi connectivity index (χ1n) is 15.1. The zero-order valence-corrected chi connectivity index (χ0v) is 27.8. The molecule has 1 aromatic carbocycles. The number of anilines is 1. The molecule has 1 saturated heterocycles. The second kappa shape index (κ2) is 12.7. The Hall–Kier alpha value is -3.11. The molecule has 2 aliphatic carbocycles. The van der Waals surface area contributed by atoms with E-state index in [0.717, 1.165) is 7.05 Å². The average Bonchev–Trinajstić information content (AvgIpc) is 3.23. The van der Waals surface area contributed by atoms with Crippen LogP contribution in [0.1, 0.15) is 64.0 Å². The zero-order valence-electron chi connectivity index (χ0n) is 27.0. The summed E-state index contributed by atoms with van der Waals surface area (Å²) in [5, 5.41) is 0. The number of methoxy groups -OCH3 is 1. The molecular formula is C31H37F9N2O5S. The lowest BCUT2D eigenvalue weighted by Gasteiger charge is -2.37. The molecule has 0 saturated carbocycles. The van der Waals surface area contributed by atoms with Crippen molar-refractivity contribution in [1.29, 1.82) is 0 Å². The maximum atomic E-state index is 13.6. The van der Waals surface area contributed by atoms with Crippen LogP contribution in [0.15, 0.2) is 29.4 Å². The minimum absolute atomic E-state index is 0.130. The maximum Gasteiger partial charge on any atom is 0.516 e. The van der Waals surface area contributed by atoms with Gasteiger partial charge in [0.25, 0.3) is 0 Å². The molecule has 1 amide bonds. The first-order chi connectivity index (χ1) is 21.8. The smallest absolute Gasteiger partial charge is 0.496 e. The topological polar surface area (TPSA) is 76.2 Å². The number of amides is 1. The van der Waals surface area contributed by atoms with Crippen LogP contribution in [-0.2, 0) is 14.8 Å². The van der Waals surface area contributed by atoms with Crippen LogP contribution in [0, 0.1) is 24.2 Å². The normalized spacial score (nSPS) is 25.6. The molecular weight excluding hydrogens is 683 g/mol. The number of rotatable bonds is 7. The minimum atomic E-state index is -5.77. The van der Waals surface area contributed by atoms with E-state index < -0.39 is 76.4 Å². The van der Waals surface area contributed by atoms with Crippen molar-refractivity contribution >= 4 is 27.4 Å². The molecule has 1 fully saturated rings. The standard InChI is InChI=1S/C31H37F9N2O5S/c1-16-9-25(46-6)23(13-24(16)41(5)48(44,45)31(38,39)40)22-7-8-28(3,4)14-19(22)15-42-17(2)26(47-27(42)43)18-10-20(29(32,33)34)12-21(11-18)30(35,36)37/h9,12-13,17-18,20,26H,7-8,10-11,14-15H2,1-6H3/t17-,18?,20?,26-/m0/s1. The van der Waals surface area contributed by atoms with Gasteiger partial charge in [-0.1, -0.05) is 19.9 Å². The third-order valence-electron chi connectivity index (χ3n) is 9.50. The van der Waals surface area contributed by atoms with Crippen LogP contribution >= 0.6 is 0 Å². The van der Waals surface area contributed by atoms with Crippen molar-refractivity contribution in [2.45, 2.75) is 89.8 Å². The summed E-state index contributed by atoms with van der Waals surface area (Å²) in [4.78, 5) is 14.4. The highest BCUT2D eigenvalue weighted by atomic mass is 32.2. The van der Waals surface area contributed by atoms with E-state index in [0.29, 0.717) is 30.4 Å². The van der Waals surface area contributed by atoms with Gasteiger partial charge in [0, 0.05) is 30.6 Å². The molecule has 4 rings (SSSR count). The molecule has 48 heavy (non-hydrogen) atoms. The summed E-state index contributed by atoms with van der Waals surface area (Å²) in [7, 11) is -3.66. The van der Waals surface area contributed by atoms with Crippen molar-refractivity contribution < 1.29 is 62.2 Å². The number of hydrogen-bond donors (Lipinski definition) is 0. The van der Waals surface area contributed by atoms with E-state index >= 15 is 0 Å². The van der Waals surface area contributed by atoms with Crippen molar-refractivity contribution in [3.63, 3.8) is 0 Å². The molecule has 1 aromatic rings. The molecule has 4 atom stereocenters. The summed E-state index contributed by atoms with van der Waals surface area (Å²) in [5.74, 6) is -3.42. The van der Waals surface area contributed by atoms with Crippen molar-refractivity contribution in [2.75, 3.05) is 25.0 Å². The number of hydrogen-bond acceptors (Lipinski definition) is 5. The van der Waals surface area contributed by atoms with Gasteiger partial charge in [0.15, 0.2) is 0 Å². The van der Waals surface area contributed by atoms with Crippen LogP contribution in [0.4, 0.5) is 50.0 Å². The molecule has 1 heterocycles. The van der Waals surface area contributed by atoms with Crippen molar-refractivity contribution in [1.82, 2.24) is 4.90 Å². The lowest BCUT2D eigenvalue weighted by Crippen LogP contribution is -2.42. The number of cyclic esters (lactones) is 1. The molecule has 2 unspecified atom stereocenters. The summed E-state index contributed by atoms with van der Waals surface area (Å²) in [5.41, 5.74) is -5.89. The Kier molecular flexibility index (Phi) is 9.94. The monoisotopic (exact) mass is 720 g/mol. The Morgan fingerprint density at radius 3 is 2.25 bits per heavy atom. The quantitative estimate of drug-likeness (QED) is 0.209. The molecule has 0 aromatic heterocycles. The molecule has 7 nitrogen and oxygen atoms in total. The Morgan fingerprint density at radius 1 is 1.08 bits per heavy atom. The predicted octanol–water partition coefficient (Wildman–Crippen LogP) is 8.54. The number of carbonyl (C=O) groups is 1. The van der Waals surface area contributed by atoms with Gasteiger partial charge in [-0.2, -0.15) is 47.9 Å². The van der Waals surface area contributed by atoms with E-state index in [2.05, 4.69) is 0 Å². The SMILES string of the molecule is COc1cc(C)c(N(C)S(=O)(=O)C(F)(F)F)cc1C1=C(CN2C(=O)O[C@H](C3CC(C(F)(F)F)=CC(C(F)(F)F)C3)[C@@H]2C)CC(C)(C)CC1. The lowest BCUT2D eigenvalue weighted by molar-refractivity contribution is -0.172. The second-order valence-corrected chi connectivity index (χ2v) is 15.4. The Balaban J connectivity index is 1.74. The van der Waals surface area contributed by atoms with Gasteiger partial charge >= 0.3 is 34.0 Å². The number of halogens is 9. The van der Waals surface area contributed by atoms with Crippen molar-refractivity contribution in [3.05, 3.63) is 40.5 Å². The first kappa shape index (κ1) is 37.7. The first-order valence-corrected chi connectivity index (χ1v) is 16.5. The number of ether oxygens (including phenoxy) is 2. The van der Waals surface area contributed by atoms with Gasteiger partial charge in [0.2, 0.25) is 0 Å². The number of sulfonamides is 1. The van der Waals surface area contributed by atoms with Gasteiger partial charge < -0.3 is 9.47 Å². The van der Waals surface area contributed by atoms with Gasteiger partial charge in [0.05, 0.1) is 24.8 Å². The van der Waals surface area contributed by atoms with E-state index in [9.17, 15) is 52.7 Å². The van der Waals surface area contributed by atoms with E-state index in [1.165, 1.54) is 38.0 Å². The van der Waals surface area contributed by atoms with Crippen LogP contribution < -0.4 is 9.04 Å². The highest BCUT2D eigenvalue weighted by molar-refractivity contribution is 7.93. The van der Waals surface area contributed by atoms with Gasteiger partial charge in [-0.3, -0.25) is 9.21 Å². The summed E-state index contributed by atoms with van der Waals surface area (Å²) in [6.45, 7) is 6.66. The van der Waals surface area contributed by atoms with Gasteiger partial charge in [-0.05, 0) is 80.2 Å². The fourth-order valence-electron chi connectivity index (χ4n) is 6.88. The number of carbonyl (C=O) groups excluding carboxylic acids is 1. The average molecular weight is 721 g/mol. The number of nitrogens with zero attached hydrogens (tertiary/aromatic N) is 2. The van der Waals surface area contributed by atoms with Crippen LogP contribution in [0.3, 0.4) is 0 Å². The lowest BCUT2D eigenvalue weighted by atomic mass is 9.72. The Morgan fingerprint density at radius 2 is 1.71 bits per heavy atom. The van der Waals surface area contributed by atoms with E-state index in [4.69, 9.17) is 9.47 Å². The van der Waals surface area contributed by atoms with E-state index in [1.807, 2.05) is 13.8 Å². The van der Waals surface area contributed by atoms with Gasteiger partial charge in [-0.15, -0.1) is 0 Å². The molecule has 0 bridgehead atoms. The third-order valence-corrected chi connectivity index (χ3v) is 11.0. The largest absolute Gasteiger partial charge is 0.516 e. The molecule has 0 N–H and O–H groups in total. The third kappa shape index (κ3) is 7.39. The second-order valence-electron chi connectivity index (χ2n) is 13.4.